The number of carbonyl (C=O) groups excluding carboxylic acids is 3. The lowest BCUT2D eigenvalue weighted by atomic mass is 10.1. The normalized spacial score (nSPS) is 17.3. The van der Waals surface area contributed by atoms with Gasteiger partial charge in [-0.15, -0.1) is 0 Å². The molecule has 3 amide bonds. The number of nitrogens with two attached hydrogens (primary N) is 3. The van der Waals surface area contributed by atoms with E-state index in [1.807, 2.05) is 0 Å². The van der Waals surface area contributed by atoms with Gasteiger partial charge in [-0.25, -0.2) is 4.79 Å². The molecule has 31 heavy (non-hydrogen) atoms. The second kappa shape index (κ2) is 12.3. The Morgan fingerprint density at radius 3 is 2.42 bits per heavy atom. The first-order valence-corrected chi connectivity index (χ1v) is 9.66. The SMILES string of the molecule is NC(N)=NCCCC(NC(=O)C1CCCN1C(=O)CNC(=O)C(N)CC(=O)O)C(=O)O. The highest BCUT2D eigenvalue weighted by Gasteiger charge is 2.35. The number of amides is 3. The summed E-state index contributed by atoms with van der Waals surface area (Å²) < 4.78 is 0. The molecule has 1 saturated heterocycles. The Morgan fingerprint density at radius 1 is 1.16 bits per heavy atom. The van der Waals surface area contributed by atoms with Crippen LogP contribution in [0.15, 0.2) is 4.99 Å². The van der Waals surface area contributed by atoms with Crippen LogP contribution in [0.1, 0.15) is 32.1 Å². The maximum absolute atomic E-state index is 12.6. The van der Waals surface area contributed by atoms with Crippen molar-refractivity contribution in [1.82, 2.24) is 15.5 Å². The third-order valence-corrected chi connectivity index (χ3v) is 4.58. The van der Waals surface area contributed by atoms with Gasteiger partial charge < -0.3 is 42.9 Å². The number of guanidine groups is 1. The minimum atomic E-state index is -1.31. The summed E-state index contributed by atoms with van der Waals surface area (Å²) in [5.41, 5.74) is 15.8. The molecule has 14 heteroatoms. The summed E-state index contributed by atoms with van der Waals surface area (Å²) in [6.07, 6.45) is 0.693. The smallest absolute Gasteiger partial charge is 0.326 e. The van der Waals surface area contributed by atoms with E-state index < -0.39 is 60.8 Å². The van der Waals surface area contributed by atoms with Gasteiger partial charge in [-0.05, 0) is 25.7 Å². The molecule has 0 radical (unpaired) electrons. The number of nitrogens with one attached hydrogen (secondary N) is 2. The maximum Gasteiger partial charge on any atom is 0.326 e. The lowest BCUT2D eigenvalue weighted by Crippen LogP contribution is -2.53. The van der Waals surface area contributed by atoms with Gasteiger partial charge in [0.05, 0.1) is 19.0 Å². The van der Waals surface area contributed by atoms with Crippen LogP contribution in [-0.4, -0.2) is 88.5 Å². The van der Waals surface area contributed by atoms with E-state index in [1.54, 1.807) is 0 Å². The van der Waals surface area contributed by atoms with Crippen molar-refractivity contribution >= 4 is 35.6 Å². The fourth-order valence-corrected chi connectivity index (χ4v) is 3.04. The number of carboxylic acid groups (broad SMARTS) is 2. The highest BCUT2D eigenvalue weighted by Crippen LogP contribution is 2.18. The monoisotopic (exact) mass is 443 g/mol. The predicted molar refractivity (Wildman–Crippen MR) is 107 cm³/mol. The summed E-state index contributed by atoms with van der Waals surface area (Å²) >= 11 is 0. The first-order valence-electron chi connectivity index (χ1n) is 9.66. The van der Waals surface area contributed by atoms with Gasteiger partial charge in [-0.2, -0.15) is 0 Å². The molecule has 0 aliphatic carbocycles. The molecule has 1 fully saturated rings. The van der Waals surface area contributed by atoms with Crippen molar-refractivity contribution in [3.63, 3.8) is 0 Å². The Labute approximate surface area is 178 Å². The van der Waals surface area contributed by atoms with Crippen molar-refractivity contribution in [3.05, 3.63) is 0 Å². The van der Waals surface area contributed by atoms with Crippen molar-refractivity contribution in [2.24, 2.45) is 22.2 Å². The zero-order valence-corrected chi connectivity index (χ0v) is 17.0. The number of likely N-dealkylation sites (tertiary alicyclic amines) is 1. The van der Waals surface area contributed by atoms with Crippen molar-refractivity contribution in [3.8, 4) is 0 Å². The summed E-state index contributed by atoms with van der Waals surface area (Å²) in [5, 5.41) is 22.6. The Hall–Kier alpha value is -3.42. The third-order valence-electron chi connectivity index (χ3n) is 4.58. The number of carbonyl (C=O) groups is 5. The fraction of sp³-hybridized carbons (Fsp3) is 0.647. The van der Waals surface area contributed by atoms with Gasteiger partial charge in [-0.3, -0.25) is 24.2 Å². The molecular formula is C17H29N7O7. The Kier molecular flexibility index (Phi) is 10.2. The van der Waals surface area contributed by atoms with Crippen LogP contribution < -0.4 is 27.8 Å². The topological polar surface area (TPSA) is 244 Å². The van der Waals surface area contributed by atoms with Gasteiger partial charge in [0.25, 0.3) is 0 Å². The largest absolute Gasteiger partial charge is 0.481 e. The second-order valence-electron chi connectivity index (χ2n) is 7.02. The van der Waals surface area contributed by atoms with Crippen LogP contribution in [0.3, 0.4) is 0 Å². The van der Waals surface area contributed by atoms with E-state index in [1.165, 1.54) is 4.90 Å². The Morgan fingerprint density at radius 2 is 1.84 bits per heavy atom. The van der Waals surface area contributed by atoms with E-state index in [-0.39, 0.29) is 25.5 Å². The van der Waals surface area contributed by atoms with Gasteiger partial charge in [0.2, 0.25) is 17.7 Å². The van der Waals surface area contributed by atoms with Crippen LogP contribution in [0.2, 0.25) is 0 Å². The average Bonchev–Trinajstić information content (AvgIpc) is 3.17. The molecule has 1 aliphatic heterocycles. The van der Waals surface area contributed by atoms with Gasteiger partial charge in [-0.1, -0.05) is 0 Å². The van der Waals surface area contributed by atoms with E-state index in [0.29, 0.717) is 19.3 Å². The van der Waals surface area contributed by atoms with Gasteiger partial charge in [0, 0.05) is 13.1 Å². The van der Waals surface area contributed by atoms with Crippen molar-refractivity contribution in [1.29, 1.82) is 0 Å². The summed E-state index contributed by atoms with van der Waals surface area (Å²) in [6.45, 7) is 0.00669. The molecular weight excluding hydrogens is 414 g/mol. The number of carboxylic acids is 2. The van der Waals surface area contributed by atoms with E-state index in [9.17, 15) is 29.1 Å². The van der Waals surface area contributed by atoms with Crippen LogP contribution in [0.4, 0.5) is 0 Å². The molecule has 0 bridgehead atoms. The highest BCUT2D eigenvalue weighted by atomic mass is 16.4. The van der Waals surface area contributed by atoms with E-state index in [2.05, 4.69) is 15.6 Å². The summed E-state index contributed by atoms with van der Waals surface area (Å²) in [7, 11) is 0. The molecule has 3 unspecified atom stereocenters. The quantitative estimate of drug-likeness (QED) is 0.0891. The Balaban J connectivity index is 2.61. The number of hydrogen-bond donors (Lipinski definition) is 7. The molecule has 1 heterocycles. The van der Waals surface area contributed by atoms with Crippen LogP contribution in [0, 0.1) is 0 Å². The van der Waals surface area contributed by atoms with Crippen LogP contribution in [-0.2, 0) is 24.0 Å². The second-order valence-corrected chi connectivity index (χ2v) is 7.02. The minimum Gasteiger partial charge on any atom is -0.481 e. The van der Waals surface area contributed by atoms with Gasteiger partial charge in [0.15, 0.2) is 5.96 Å². The summed E-state index contributed by atoms with van der Waals surface area (Å²) in [6, 6.07) is -3.36. The predicted octanol–water partition coefficient (Wildman–Crippen LogP) is -3.48. The minimum absolute atomic E-state index is 0.0933. The van der Waals surface area contributed by atoms with E-state index in [4.69, 9.17) is 22.3 Å². The molecule has 174 valence electrons. The molecule has 10 N–H and O–H groups in total. The molecule has 1 aliphatic rings. The number of hydrogen-bond acceptors (Lipinski definition) is 7. The molecule has 14 nitrogen and oxygen atoms in total. The molecule has 1 rings (SSSR count). The maximum atomic E-state index is 12.6. The molecule has 3 atom stereocenters. The zero-order chi connectivity index (χ0) is 23.6. The number of nitrogens with zero attached hydrogens (tertiary/aromatic N) is 2. The summed E-state index contributed by atoms with van der Waals surface area (Å²) in [5.74, 6) is -4.58. The third kappa shape index (κ3) is 8.86. The number of rotatable bonds is 12. The fourth-order valence-electron chi connectivity index (χ4n) is 3.04. The molecule has 0 aromatic rings. The van der Waals surface area contributed by atoms with Gasteiger partial charge in [0.1, 0.15) is 12.1 Å². The molecule has 0 aromatic heterocycles. The van der Waals surface area contributed by atoms with E-state index >= 15 is 0 Å². The lowest BCUT2D eigenvalue weighted by molar-refractivity contribution is -0.144. The van der Waals surface area contributed by atoms with Crippen LogP contribution >= 0.6 is 0 Å². The molecule has 0 aromatic carbocycles. The number of aliphatic imine (C=N–C) groups is 1. The van der Waals surface area contributed by atoms with Crippen molar-refractivity contribution < 1.29 is 34.2 Å². The highest BCUT2D eigenvalue weighted by molar-refractivity contribution is 5.93. The number of aliphatic carboxylic acids is 2. The van der Waals surface area contributed by atoms with Crippen molar-refractivity contribution in [2.45, 2.75) is 50.2 Å². The van der Waals surface area contributed by atoms with Crippen LogP contribution in [0.25, 0.3) is 0 Å². The molecule has 0 spiro atoms. The van der Waals surface area contributed by atoms with Crippen molar-refractivity contribution in [2.75, 3.05) is 19.6 Å². The Bertz CT molecular complexity index is 724. The first kappa shape index (κ1) is 25.6. The molecule has 0 saturated carbocycles. The standard InChI is InChI=1S/C17H29N7O7/c18-9(7-13(26)27)14(28)22-8-12(25)24-6-2-4-11(24)15(29)23-10(16(30)31)3-1-5-21-17(19)20/h9-11H,1-8,18H2,(H,22,28)(H,23,29)(H,26,27)(H,30,31)(H4,19,20,21). The lowest BCUT2D eigenvalue weighted by Gasteiger charge is -2.26. The van der Waals surface area contributed by atoms with Gasteiger partial charge >= 0.3 is 11.9 Å². The zero-order valence-electron chi connectivity index (χ0n) is 17.0. The first-order chi connectivity index (χ1) is 14.5. The van der Waals surface area contributed by atoms with Crippen LogP contribution in [0.5, 0.6) is 0 Å². The van der Waals surface area contributed by atoms with E-state index in [0.717, 1.165) is 0 Å². The summed E-state index contributed by atoms with van der Waals surface area (Å²) in [4.78, 5) is 63.8. The average molecular weight is 443 g/mol.